The maximum absolute atomic E-state index is 11.6. The van der Waals surface area contributed by atoms with Crippen molar-refractivity contribution in [2.45, 2.75) is 6.42 Å². The van der Waals surface area contributed by atoms with E-state index in [1.807, 2.05) is 0 Å². The Morgan fingerprint density at radius 2 is 1.92 bits per heavy atom. The quantitative estimate of drug-likeness (QED) is 0.131. The molecule has 16 heteroatoms. The van der Waals surface area contributed by atoms with E-state index >= 15 is 0 Å². The van der Waals surface area contributed by atoms with E-state index in [2.05, 4.69) is 10.4 Å². The molecule has 1 aliphatic heterocycles. The van der Waals surface area contributed by atoms with Crippen molar-refractivity contribution in [3.05, 3.63) is 0 Å². The second-order valence-electron chi connectivity index (χ2n) is 4.50. The molecule has 0 saturated heterocycles. The third kappa shape index (κ3) is 9.90. The highest BCUT2D eigenvalue weighted by Crippen LogP contribution is 2.02. The fourth-order valence-corrected chi connectivity index (χ4v) is 3.30. The van der Waals surface area contributed by atoms with Crippen molar-refractivity contribution in [2.24, 2.45) is 16.7 Å². The van der Waals surface area contributed by atoms with Crippen LogP contribution in [0.15, 0.2) is 4.99 Å². The van der Waals surface area contributed by atoms with Crippen molar-refractivity contribution in [1.29, 1.82) is 0 Å². The number of nitrogens with two attached hydrogens (primary N) is 2. The minimum Gasteiger partial charge on any atom is -0.412 e. The van der Waals surface area contributed by atoms with Crippen LogP contribution in [0.2, 0.25) is 0 Å². The molecule has 0 aromatic rings. The Bertz CT molecular complexity index is 594. The molecule has 0 aliphatic carbocycles. The van der Waals surface area contributed by atoms with Gasteiger partial charge in [-0.05, 0) is 6.42 Å². The summed E-state index contributed by atoms with van der Waals surface area (Å²) in [5, 5.41) is 0.417. The van der Waals surface area contributed by atoms with Crippen molar-refractivity contribution in [2.75, 3.05) is 38.0 Å². The lowest BCUT2D eigenvalue weighted by Gasteiger charge is -2.28. The maximum atomic E-state index is 11.6. The second-order valence-corrected chi connectivity index (χ2v) is 7.53. The summed E-state index contributed by atoms with van der Waals surface area (Å²) in [7, 11) is -8.48. The number of rotatable bonds is 8. The second kappa shape index (κ2) is 10.7. The highest BCUT2D eigenvalue weighted by Gasteiger charge is 2.20. The average Bonchev–Trinajstić information content (AvgIpc) is 2.35. The third-order valence-electron chi connectivity index (χ3n) is 2.55. The van der Waals surface area contributed by atoms with Crippen LogP contribution in [0.3, 0.4) is 0 Å². The normalized spacial score (nSPS) is 15.3. The smallest absolute Gasteiger partial charge is 0.282 e. The summed E-state index contributed by atoms with van der Waals surface area (Å²) in [5.74, 6) is 9.03. The lowest BCUT2D eigenvalue weighted by molar-refractivity contribution is 0.252. The van der Waals surface area contributed by atoms with Crippen molar-refractivity contribution in [3.63, 3.8) is 0 Å². The van der Waals surface area contributed by atoms with Crippen molar-refractivity contribution in [1.82, 2.24) is 15.3 Å². The molecule has 1 aliphatic rings. The van der Waals surface area contributed by atoms with Gasteiger partial charge in [-0.2, -0.15) is 16.8 Å². The van der Waals surface area contributed by atoms with E-state index in [0.717, 1.165) is 6.42 Å². The van der Waals surface area contributed by atoms with Gasteiger partial charge in [-0.25, -0.2) is 10.9 Å². The molecule has 0 atom stereocenters. The number of nitrogens with zero attached hydrogens (tertiary/aromatic N) is 3. The first kappa shape index (κ1) is 25.1. The molecule has 14 nitrogen and oxygen atoms in total. The summed E-state index contributed by atoms with van der Waals surface area (Å²) >= 11 is 0. The Labute approximate surface area is 139 Å². The van der Waals surface area contributed by atoms with Crippen LogP contribution >= 0.6 is 0 Å². The Kier molecular flexibility index (Phi) is 11.2. The zero-order valence-corrected chi connectivity index (χ0v) is 14.4. The first-order chi connectivity index (χ1) is 10.1. The van der Waals surface area contributed by atoms with Crippen LogP contribution in [0.4, 0.5) is 0 Å². The molecule has 0 unspecified atom stereocenters. The lowest BCUT2D eigenvalue weighted by atomic mass is 10.3. The van der Waals surface area contributed by atoms with Crippen molar-refractivity contribution in [3.8, 4) is 0 Å². The van der Waals surface area contributed by atoms with Gasteiger partial charge < -0.3 is 15.9 Å². The van der Waals surface area contributed by atoms with E-state index < -0.39 is 32.0 Å². The van der Waals surface area contributed by atoms with Crippen molar-refractivity contribution >= 4 is 26.2 Å². The van der Waals surface area contributed by atoms with Gasteiger partial charge >= 0.3 is 0 Å². The number of nitrogens with one attached hydrogen (secondary N) is 1. The van der Waals surface area contributed by atoms with Crippen LogP contribution in [0, 0.1) is 0 Å². The van der Waals surface area contributed by atoms with Crippen LogP contribution in [-0.4, -0.2) is 86.2 Å². The molecule has 0 amide bonds. The predicted molar refractivity (Wildman–Crippen MR) is 85.2 cm³/mol. The molecule has 1 heterocycles. The molecule has 0 saturated carbocycles. The van der Waals surface area contributed by atoms with Gasteiger partial charge in [-0.3, -0.25) is 25.0 Å². The summed E-state index contributed by atoms with van der Waals surface area (Å²) < 4.78 is 57.7. The summed E-state index contributed by atoms with van der Waals surface area (Å²) in [6.07, 6.45) is 0.808. The zero-order chi connectivity index (χ0) is 16.8. The summed E-state index contributed by atoms with van der Waals surface area (Å²) in [4.78, 5) is 5.83. The van der Waals surface area contributed by atoms with Gasteiger partial charge in [0, 0.05) is 19.6 Å². The van der Waals surface area contributed by atoms with E-state index in [9.17, 15) is 16.8 Å². The molecule has 1 rings (SSSR count). The van der Waals surface area contributed by atoms with E-state index in [0.29, 0.717) is 24.1 Å². The molecule has 0 aromatic carbocycles. The van der Waals surface area contributed by atoms with Crippen LogP contribution in [0.5, 0.6) is 0 Å². The lowest BCUT2D eigenvalue weighted by Crippen LogP contribution is -2.48. The number of hydrazine groups is 2. The standard InChI is InChI=1S/C8H20N6O6S2.2H2O/c9-12-8-11-2-1-3-13(8)4-5-20-22(18,19)7-14(10)6-21(15,16)17;;/h1-7,9-10H2,(H,11,12)(H,15,16,17);2*1H2. The van der Waals surface area contributed by atoms with E-state index in [-0.39, 0.29) is 24.1 Å². The molecular weight excluding hydrogens is 372 g/mol. The highest BCUT2D eigenvalue weighted by molar-refractivity contribution is 7.87. The number of hydrogen-bond acceptors (Lipinski definition) is 11. The molecule has 0 bridgehead atoms. The van der Waals surface area contributed by atoms with Crippen LogP contribution in [0.25, 0.3) is 0 Å². The summed E-state index contributed by atoms with van der Waals surface area (Å²) in [6.45, 7) is 1.33. The fraction of sp³-hybridized carbons (Fsp3) is 0.875. The van der Waals surface area contributed by atoms with Crippen LogP contribution in [-0.2, 0) is 24.4 Å². The van der Waals surface area contributed by atoms with Gasteiger partial charge in [0.15, 0.2) is 0 Å². The van der Waals surface area contributed by atoms with Gasteiger partial charge in [0.05, 0.1) is 6.61 Å². The first-order valence-corrected chi connectivity index (χ1v) is 9.39. The number of hydrogen-bond donors (Lipinski definition) is 4. The third-order valence-corrected chi connectivity index (χ3v) is 4.38. The van der Waals surface area contributed by atoms with Crippen LogP contribution in [0.1, 0.15) is 6.42 Å². The molecule has 0 fully saturated rings. The monoisotopic (exact) mass is 396 g/mol. The number of guanidine groups is 1. The molecule has 24 heavy (non-hydrogen) atoms. The van der Waals surface area contributed by atoms with Gasteiger partial charge in [-0.1, -0.05) is 0 Å². The van der Waals surface area contributed by atoms with Gasteiger partial charge in [0.2, 0.25) is 5.96 Å². The van der Waals surface area contributed by atoms with Crippen LogP contribution < -0.4 is 17.1 Å². The molecule has 10 N–H and O–H groups in total. The van der Waals surface area contributed by atoms with E-state index in [1.54, 1.807) is 4.90 Å². The molecular formula is C8H24N6O8S2. The Morgan fingerprint density at radius 1 is 1.29 bits per heavy atom. The predicted octanol–water partition coefficient (Wildman–Crippen LogP) is -4.81. The van der Waals surface area contributed by atoms with Gasteiger partial charge in [0.25, 0.3) is 20.2 Å². The zero-order valence-electron chi connectivity index (χ0n) is 12.8. The topological polar surface area (TPSA) is 244 Å². The Hall–Kier alpha value is -1.11. The Balaban J connectivity index is 0. The maximum Gasteiger partial charge on any atom is 0.282 e. The SMILES string of the molecule is NNC1=NCCCN1CCOS(=O)(=O)CN(N)CS(=O)(=O)O.O.O. The van der Waals surface area contributed by atoms with Gasteiger partial charge in [0.1, 0.15) is 11.8 Å². The summed E-state index contributed by atoms with van der Waals surface area (Å²) in [6, 6.07) is 0. The first-order valence-electron chi connectivity index (χ1n) is 6.21. The molecule has 0 spiro atoms. The summed E-state index contributed by atoms with van der Waals surface area (Å²) in [5.41, 5.74) is 2.41. The average molecular weight is 396 g/mol. The largest absolute Gasteiger partial charge is 0.412 e. The minimum absolute atomic E-state index is 0. The molecule has 146 valence electrons. The molecule has 0 aromatic heterocycles. The molecule has 0 radical (unpaired) electrons. The highest BCUT2D eigenvalue weighted by atomic mass is 32.2. The fourth-order valence-electron chi connectivity index (χ4n) is 1.77. The van der Waals surface area contributed by atoms with Gasteiger partial charge in [-0.15, -0.1) is 0 Å². The van der Waals surface area contributed by atoms with Crippen molar-refractivity contribution < 1.29 is 36.5 Å². The Morgan fingerprint density at radius 3 is 2.46 bits per heavy atom. The minimum atomic E-state index is -4.41. The van der Waals surface area contributed by atoms with E-state index in [4.69, 9.17) is 20.4 Å². The van der Waals surface area contributed by atoms with E-state index in [1.165, 1.54) is 0 Å². The number of aliphatic imine (C=N–C) groups is 1.